The lowest BCUT2D eigenvalue weighted by atomic mass is 9.95. The Bertz CT molecular complexity index is 656. The van der Waals surface area contributed by atoms with E-state index in [1.807, 2.05) is 12.1 Å². The molecule has 1 N–H and O–H groups in total. The van der Waals surface area contributed by atoms with Gasteiger partial charge in [0.2, 0.25) is 0 Å². The summed E-state index contributed by atoms with van der Waals surface area (Å²) in [5.74, 6) is 3.97. The molecule has 6 nitrogen and oxygen atoms in total. The number of guanidine groups is 1. The summed E-state index contributed by atoms with van der Waals surface area (Å²) in [7, 11) is 0. The second kappa shape index (κ2) is 8.46. The molecule has 5 rings (SSSR count). The summed E-state index contributed by atoms with van der Waals surface area (Å²) in [6.45, 7) is 6.89. The summed E-state index contributed by atoms with van der Waals surface area (Å²) >= 11 is 0. The van der Waals surface area contributed by atoms with Gasteiger partial charge in [0.15, 0.2) is 5.96 Å². The van der Waals surface area contributed by atoms with E-state index in [4.69, 9.17) is 14.1 Å². The van der Waals surface area contributed by atoms with Crippen LogP contribution in [-0.2, 0) is 11.2 Å². The van der Waals surface area contributed by atoms with E-state index in [-0.39, 0.29) is 0 Å². The average Bonchev–Trinajstić information content (AvgIpc) is 3.53. The first-order chi connectivity index (χ1) is 13.8. The van der Waals surface area contributed by atoms with E-state index in [0.29, 0.717) is 12.1 Å². The van der Waals surface area contributed by atoms with Crippen molar-refractivity contribution in [2.45, 2.75) is 50.6 Å². The summed E-state index contributed by atoms with van der Waals surface area (Å²) < 4.78 is 11.0. The molecular formula is C22H34N4O2. The molecule has 4 unspecified atom stereocenters. The van der Waals surface area contributed by atoms with Gasteiger partial charge in [-0.05, 0) is 49.7 Å². The van der Waals surface area contributed by atoms with Gasteiger partial charge < -0.3 is 19.4 Å². The summed E-state index contributed by atoms with van der Waals surface area (Å²) in [5, 5.41) is 3.90. The molecule has 4 aliphatic rings. The van der Waals surface area contributed by atoms with Crippen molar-refractivity contribution in [1.82, 2.24) is 15.1 Å². The van der Waals surface area contributed by atoms with Gasteiger partial charge in [-0.15, -0.1) is 0 Å². The number of furan rings is 1. The Morgan fingerprint density at radius 2 is 2.07 bits per heavy atom. The Hall–Kier alpha value is -1.53. The number of likely N-dealkylation sites (tertiary alicyclic amines) is 1. The second-order valence-corrected chi connectivity index (χ2v) is 9.00. The lowest BCUT2D eigenvalue weighted by Crippen LogP contribution is -2.49. The van der Waals surface area contributed by atoms with Crippen LogP contribution in [0.1, 0.15) is 37.9 Å². The van der Waals surface area contributed by atoms with Crippen molar-refractivity contribution in [3.05, 3.63) is 24.2 Å². The number of hydrogen-bond donors (Lipinski definition) is 1. The Kier molecular flexibility index (Phi) is 5.59. The average molecular weight is 387 g/mol. The van der Waals surface area contributed by atoms with E-state index >= 15 is 0 Å². The highest BCUT2D eigenvalue weighted by Crippen LogP contribution is 2.44. The van der Waals surface area contributed by atoms with E-state index in [1.165, 1.54) is 32.1 Å². The van der Waals surface area contributed by atoms with Crippen LogP contribution >= 0.6 is 0 Å². The second-order valence-electron chi connectivity index (χ2n) is 9.00. The maximum absolute atomic E-state index is 5.54. The van der Waals surface area contributed by atoms with Crippen molar-refractivity contribution in [3.8, 4) is 0 Å². The SMILES string of the molecule is c1coc(CCN=C(NC2CC3CCC2C3)N2CCC(N3CCOCC3)C2)c1. The van der Waals surface area contributed by atoms with Crippen LogP contribution < -0.4 is 5.32 Å². The summed E-state index contributed by atoms with van der Waals surface area (Å²) in [6.07, 6.45) is 9.46. The molecule has 1 aromatic rings. The molecule has 0 aromatic carbocycles. The van der Waals surface area contributed by atoms with Crippen molar-refractivity contribution in [3.63, 3.8) is 0 Å². The molecule has 2 aliphatic carbocycles. The maximum Gasteiger partial charge on any atom is 0.194 e. The quantitative estimate of drug-likeness (QED) is 0.622. The molecule has 4 fully saturated rings. The number of rotatable bonds is 5. The minimum atomic E-state index is 0.628. The molecule has 2 aliphatic heterocycles. The van der Waals surface area contributed by atoms with Crippen LogP contribution in [0, 0.1) is 11.8 Å². The fourth-order valence-electron chi connectivity index (χ4n) is 5.73. The number of nitrogens with zero attached hydrogens (tertiary/aromatic N) is 3. The Labute approximate surface area is 168 Å². The Balaban J connectivity index is 1.23. The van der Waals surface area contributed by atoms with E-state index in [0.717, 1.165) is 75.9 Å². The van der Waals surface area contributed by atoms with Crippen molar-refractivity contribution in [2.75, 3.05) is 45.9 Å². The summed E-state index contributed by atoms with van der Waals surface area (Å²) in [4.78, 5) is 10.2. The zero-order valence-electron chi connectivity index (χ0n) is 16.9. The van der Waals surface area contributed by atoms with Gasteiger partial charge in [0, 0.05) is 51.2 Å². The fraction of sp³-hybridized carbons (Fsp3) is 0.773. The molecular weight excluding hydrogens is 352 g/mol. The van der Waals surface area contributed by atoms with Crippen molar-refractivity contribution in [2.24, 2.45) is 16.8 Å². The lowest BCUT2D eigenvalue weighted by Gasteiger charge is -2.33. The smallest absolute Gasteiger partial charge is 0.194 e. The Morgan fingerprint density at radius 3 is 2.82 bits per heavy atom. The standard InChI is InChI=1S/C22H34N4O2/c1-2-20(28-11-1)5-7-23-22(24-21-15-17-3-4-18(21)14-17)26-8-6-19(16-26)25-9-12-27-13-10-25/h1-2,11,17-19,21H,3-10,12-16H2,(H,23,24). The fourth-order valence-corrected chi connectivity index (χ4v) is 5.73. The molecule has 4 atom stereocenters. The normalized spacial score (nSPS) is 33.7. The van der Waals surface area contributed by atoms with Gasteiger partial charge in [0.05, 0.1) is 19.5 Å². The molecule has 154 valence electrons. The molecule has 2 bridgehead atoms. The lowest BCUT2D eigenvalue weighted by molar-refractivity contribution is 0.0194. The third-order valence-electron chi connectivity index (χ3n) is 7.28. The predicted molar refractivity (Wildman–Crippen MR) is 109 cm³/mol. The molecule has 3 heterocycles. The number of hydrogen-bond acceptors (Lipinski definition) is 4. The number of morpholine rings is 1. The first-order valence-corrected chi connectivity index (χ1v) is 11.3. The molecule has 2 saturated heterocycles. The van der Waals surface area contributed by atoms with Gasteiger partial charge >= 0.3 is 0 Å². The van der Waals surface area contributed by atoms with Crippen LogP contribution in [0.25, 0.3) is 0 Å². The van der Waals surface area contributed by atoms with Crippen molar-refractivity contribution >= 4 is 5.96 Å². The topological polar surface area (TPSA) is 53.2 Å². The molecule has 0 radical (unpaired) electrons. The Morgan fingerprint density at radius 1 is 1.14 bits per heavy atom. The minimum absolute atomic E-state index is 0.628. The first kappa shape index (κ1) is 18.5. The molecule has 28 heavy (non-hydrogen) atoms. The summed E-state index contributed by atoms with van der Waals surface area (Å²) in [6, 6.07) is 5.27. The minimum Gasteiger partial charge on any atom is -0.469 e. The largest absolute Gasteiger partial charge is 0.469 e. The molecule has 1 aromatic heterocycles. The van der Waals surface area contributed by atoms with Crippen molar-refractivity contribution < 1.29 is 9.15 Å². The van der Waals surface area contributed by atoms with E-state index in [9.17, 15) is 0 Å². The highest BCUT2D eigenvalue weighted by molar-refractivity contribution is 5.80. The molecule has 0 amide bonds. The van der Waals surface area contributed by atoms with Crippen LogP contribution in [0.4, 0.5) is 0 Å². The van der Waals surface area contributed by atoms with E-state index in [2.05, 4.69) is 15.1 Å². The van der Waals surface area contributed by atoms with Crippen LogP contribution in [0.3, 0.4) is 0 Å². The highest BCUT2D eigenvalue weighted by Gasteiger charge is 2.41. The number of nitrogens with one attached hydrogen (secondary N) is 1. The van der Waals surface area contributed by atoms with Crippen LogP contribution in [0.15, 0.2) is 27.8 Å². The first-order valence-electron chi connectivity index (χ1n) is 11.3. The van der Waals surface area contributed by atoms with Gasteiger partial charge in [-0.2, -0.15) is 0 Å². The molecule has 6 heteroatoms. The van der Waals surface area contributed by atoms with E-state index < -0.39 is 0 Å². The number of ether oxygens (including phenoxy) is 1. The molecule has 2 saturated carbocycles. The summed E-state index contributed by atoms with van der Waals surface area (Å²) in [5.41, 5.74) is 0. The number of fused-ring (bicyclic) bond motifs is 2. The zero-order valence-corrected chi connectivity index (χ0v) is 16.9. The van der Waals surface area contributed by atoms with E-state index in [1.54, 1.807) is 6.26 Å². The highest BCUT2D eigenvalue weighted by atomic mass is 16.5. The molecule has 0 spiro atoms. The van der Waals surface area contributed by atoms with Crippen LogP contribution in [-0.4, -0.2) is 73.8 Å². The third-order valence-corrected chi connectivity index (χ3v) is 7.28. The predicted octanol–water partition coefficient (Wildman–Crippen LogP) is 2.36. The monoisotopic (exact) mass is 386 g/mol. The zero-order chi connectivity index (χ0) is 18.8. The van der Waals surface area contributed by atoms with Gasteiger partial charge in [-0.25, -0.2) is 0 Å². The number of aliphatic imine (C=N–C) groups is 1. The maximum atomic E-state index is 5.54. The third kappa shape index (κ3) is 4.08. The van der Waals surface area contributed by atoms with Gasteiger partial charge in [0.1, 0.15) is 5.76 Å². The van der Waals surface area contributed by atoms with Crippen LogP contribution in [0.2, 0.25) is 0 Å². The van der Waals surface area contributed by atoms with Crippen LogP contribution in [0.5, 0.6) is 0 Å². The van der Waals surface area contributed by atoms with Gasteiger partial charge in [0.25, 0.3) is 0 Å². The van der Waals surface area contributed by atoms with Gasteiger partial charge in [-0.3, -0.25) is 9.89 Å². The van der Waals surface area contributed by atoms with Crippen molar-refractivity contribution in [1.29, 1.82) is 0 Å². The van der Waals surface area contributed by atoms with Gasteiger partial charge in [-0.1, -0.05) is 6.42 Å².